The Hall–Kier alpha value is -3.81. The van der Waals surface area contributed by atoms with Gasteiger partial charge in [-0.3, -0.25) is 4.98 Å². The summed E-state index contributed by atoms with van der Waals surface area (Å²) in [4.78, 5) is 12.5. The van der Waals surface area contributed by atoms with Gasteiger partial charge in [0, 0.05) is 41.9 Å². The zero-order valence-corrected chi connectivity index (χ0v) is 16.2. The van der Waals surface area contributed by atoms with Gasteiger partial charge < -0.3 is 25.4 Å². The quantitative estimate of drug-likeness (QED) is 0.514. The summed E-state index contributed by atoms with van der Waals surface area (Å²) in [6.45, 7) is 0. The monoisotopic (exact) mass is 391 g/mol. The van der Waals surface area contributed by atoms with Crippen LogP contribution in [0.25, 0.3) is 11.0 Å². The first-order valence-corrected chi connectivity index (χ1v) is 9.02. The van der Waals surface area contributed by atoms with Crippen LogP contribution in [-0.4, -0.2) is 29.2 Å². The molecule has 29 heavy (non-hydrogen) atoms. The SMILES string of the molecule is COc1cc(Cc2cnc(N)nc2N)c2cc(Cc3ccccn3)oc2c1OC. The van der Waals surface area contributed by atoms with Crippen molar-refractivity contribution < 1.29 is 13.9 Å². The van der Waals surface area contributed by atoms with Crippen LogP contribution in [0.3, 0.4) is 0 Å². The fourth-order valence-electron chi connectivity index (χ4n) is 3.30. The number of hydrogen-bond acceptors (Lipinski definition) is 8. The number of nitrogens with two attached hydrogens (primary N) is 2. The molecule has 0 atom stereocenters. The van der Waals surface area contributed by atoms with E-state index < -0.39 is 0 Å². The van der Waals surface area contributed by atoms with E-state index in [1.165, 1.54) is 0 Å². The summed E-state index contributed by atoms with van der Waals surface area (Å²) in [5, 5.41) is 0.907. The number of nitrogens with zero attached hydrogens (tertiary/aromatic N) is 3. The minimum absolute atomic E-state index is 0.143. The molecule has 0 bridgehead atoms. The summed E-state index contributed by atoms with van der Waals surface area (Å²) in [6, 6.07) is 9.70. The molecule has 0 aliphatic heterocycles. The van der Waals surface area contributed by atoms with E-state index in [4.69, 9.17) is 25.4 Å². The molecule has 3 heterocycles. The Morgan fingerprint density at radius 3 is 2.55 bits per heavy atom. The van der Waals surface area contributed by atoms with Crippen LogP contribution in [0, 0.1) is 0 Å². The Labute approximate surface area is 167 Å². The summed E-state index contributed by atoms with van der Waals surface area (Å²) in [6.07, 6.45) is 4.45. The van der Waals surface area contributed by atoms with E-state index in [9.17, 15) is 0 Å². The highest BCUT2D eigenvalue weighted by Gasteiger charge is 2.20. The van der Waals surface area contributed by atoms with Gasteiger partial charge in [-0.05, 0) is 29.8 Å². The van der Waals surface area contributed by atoms with E-state index in [1.54, 1.807) is 26.6 Å². The molecular formula is C21H21N5O3. The molecule has 4 N–H and O–H groups in total. The van der Waals surface area contributed by atoms with Crippen LogP contribution >= 0.6 is 0 Å². The summed E-state index contributed by atoms with van der Waals surface area (Å²) in [5.41, 5.74) is 14.9. The van der Waals surface area contributed by atoms with Crippen molar-refractivity contribution in [3.8, 4) is 11.5 Å². The summed E-state index contributed by atoms with van der Waals surface area (Å²) < 4.78 is 17.2. The number of methoxy groups -OCH3 is 2. The Bertz CT molecular complexity index is 1160. The number of aromatic nitrogens is 3. The molecule has 8 heteroatoms. The summed E-state index contributed by atoms with van der Waals surface area (Å²) >= 11 is 0. The van der Waals surface area contributed by atoms with Crippen molar-refractivity contribution in [1.82, 2.24) is 15.0 Å². The molecule has 148 valence electrons. The van der Waals surface area contributed by atoms with Crippen LogP contribution < -0.4 is 20.9 Å². The van der Waals surface area contributed by atoms with Crippen LogP contribution in [0.5, 0.6) is 11.5 Å². The maximum atomic E-state index is 6.14. The third-order valence-electron chi connectivity index (χ3n) is 4.67. The maximum Gasteiger partial charge on any atom is 0.221 e. The molecule has 0 aliphatic rings. The summed E-state index contributed by atoms with van der Waals surface area (Å²) in [5.74, 6) is 2.37. The van der Waals surface area contributed by atoms with Gasteiger partial charge >= 0.3 is 0 Å². The predicted octanol–water partition coefficient (Wildman–Crippen LogP) is 2.98. The number of fused-ring (bicyclic) bond motifs is 1. The van der Waals surface area contributed by atoms with E-state index >= 15 is 0 Å². The Kier molecular flexibility index (Phi) is 4.90. The second-order valence-corrected chi connectivity index (χ2v) is 6.54. The molecule has 3 aromatic heterocycles. The molecule has 0 saturated heterocycles. The van der Waals surface area contributed by atoms with Crippen molar-refractivity contribution in [3.63, 3.8) is 0 Å². The fourth-order valence-corrected chi connectivity index (χ4v) is 3.30. The van der Waals surface area contributed by atoms with Crippen LogP contribution in [0.1, 0.15) is 22.6 Å². The average Bonchev–Trinajstić information content (AvgIpc) is 3.14. The van der Waals surface area contributed by atoms with Gasteiger partial charge in [0.1, 0.15) is 11.6 Å². The van der Waals surface area contributed by atoms with E-state index in [-0.39, 0.29) is 5.95 Å². The molecule has 1 aromatic carbocycles. The smallest absolute Gasteiger partial charge is 0.221 e. The van der Waals surface area contributed by atoms with Crippen LogP contribution in [0.15, 0.2) is 47.1 Å². The maximum absolute atomic E-state index is 6.14. The molecule has 0 spiro atoms. The third-order valence-corrected chi connectivity index (χ3v) is 4.67. The minimum Gasteiger partial charge on any atom is -0.493 e. The van der Waals surface area contributed by atoms with Crippen molar-refractivity contribution >= 4 is 22.7 Å². The van der Waals surface area contributed by atoms with Gasteiger partial charge in [0.15, 0.2) is 11.3 Å². The largest absolute Gasteiger partial charge is 0.493 e. The van der Waals surface area contributed by atoms with Crippen LogP contribution in [0.4, 0.5) is 11.8 Å². The first-order chi connectivity index (χ1) is 14.1. The summed E-state index contributed by atoms with van der Waals surface area (Å²) in [7, 11) is 3.18. The molecule has 0 unspecified atom stereocenters. The van der Waals surface area contributed by atoms with Crippen molar-refractivity contribution in [2.24, 2.45) is 0 Å². The Morgan fingerprint density at radius 2 is 1.86 bits per heavy atom. The van der Waals surface area contributed by atoms with Gasteiger partial charge in [-0.1, -0.05) is 6.07 Å². The first-order valence-electron chi connectivity index (χ1n) is 9.02. The van der Waals surface area contributed by atoms with Gasteiger partial charge in [0.2, 0.25) is 11.7 Å². The number of hydrogen-bond donors (Lipinski definition) is 2. The lowest BCUT2D eigenvalue weighted by atomic mass is 10.0. The molecular weight excluding hydrogens is 370 g/mol. The fraction of sp³-hybridized carbons (Fsp3) is 0.190. The number of nitrogen functional groups attached to an aromatic ring is 2. The molecule has 8 nitrogen and oxygen atoms in total. The number of pyridine rings is 1. The van der Waals surface area contributed by atoms with Crippen molar-refractivity contribution in [2.45, 2.75) is 12.8 Å². The second-order valence-electron chi connectivity index (χ2n) is 6.54. The zero-order chi connectivity index (χ0) is 20.4. The molecule has 0 aliphatic carbocycles. The number of furan rings is 1. The van der Waals surface area contributed by atoms with Crippen LogP contribution in [0.2, 0.25) is 0 Å². The first kappa shape index (κ1) is 18.5. The predicted molar refractivity (Wildman–Crippen MR) is 110 cm³/mol. The lowest BCUT2D eigenvalue weighted by molar-refractivity contribution is 0.352. The molecule has 0 radical (unpaired) electrons. The van der Waals surface area contributed by atoms with Crippen LogP contribution in [-0.2, 0) is 12.8 Å². The number of ether oxygens (including phenoxy) is 2. The highest BCUT2D eigenvalue weighted by molar-refractivity contribution is 5.90. The number of benzene rings is 1. The van der Waals surface area contributed by atoms with Gasteiger partial charge in [-0.15, -0.1) is 0 Å². The highest BCUT2D eigenvalue weighted by Crippen LogP contribution is 2.40. The third kappa shape index (κ3) is 3.64. The number of anilines is 2. The number of rotatable bonds is 6. The molecule has 0 saturated carbocycles. The van der Waals surface area contributed by atoms with E-state index in [0.29, 0.717) is 35.7 Å². The van der Waals surface area contributed by atoms with E-state index in [0.717, 1.165) is 28.0 Å². The lowest BCUT2D eigenvalue weighted by Gasteiger charge is -2.12. The average molecular weight is 391 g/mol. The van der Waals surface area contributed by atoms with Gasteiger partial charge in [-0.25, -0.2) is 4.98 Å². The highest BCUT2D eigenvalue weighted by atomic mass is 16.5. The van der Waals surface area contributed by atoms with E-state index in [1.807, 2.05) is 30.3 Å². The molecule has 0 fully saturated rings. The van der Waals surface area contributed by atoms with Gasteiger partial charge in [0.05, 0.1) is 14.2 Å². The van der Waals surface area contributed by atoms with Gasteiger partial charge in [-0.2, -0.15) is 4.98 Å². The molecule has 4 aromatic rings. The van der Waals surface area contributed by atoms with Crippen molar-refractivity contribution in [3.05, 3.63) is 65.3 Å². The lowest BCUT2D eigenvalue weighted by Crippen LogP contribution is -2.04. The van der Waals surface area contributed by atoms with E-state index in [2.05, 4.69) is 15.0 Å². The zero-order valence-electron chi connectivity index (χ0n) is 16.2. The Balaban J connectivity index is 1.82. The Morgan fingerprint density at radius 1 is 1.00 bits per heavy atom. The second kappa shape index (κ2) is 7.67. The van der Waals surface area contributed by atoms with Crippen molar-refractivity contribution in [2.75, 3.05) is 25.7 Å². The standard InChI is InChI=1S/C21H21N5O3/c1-27-17-8-12(7-13-11-25-21(23)26-20(13)22)16-10-15(29-18(16)19(17)28-2)9-14-5-3-4-6-24-14/h3-6,8,10-11H,7,9H2,1-2H3,(H4,22,23,25,26). The minimum atomic E-state index is 0.143. The van der Waals surface area contributed by atoms with Gasteiger partial charge in [0.25, 0.3) is 0 Å². The topological polar surface area (TPSA) is 122 Å². The normalized spacial score (nSPS) is 11.0. The van der Waals surface area contributed by atoms with Crippen molar-refractivity contribution in [1.29, 1.82) is 0 Å². The molecule has 0 amide bonds. The molecule has 4 rings (SSSR count).